The van der Waals surface area contributed by atoms with Crippen LogP contribution in [-0.4, -0.2) is 18.2 Å². The fourth-order valence-corrected chi connectivity index (χ4v) is 3.91. The molecule has 0 spiro atoms. The highest BCUT2D eigenvalue weighted by Crippen LogP contribution is 2.27. The van der Waals surface area contributed by atoms with Crippen LogP contribution in [0, 0.1) is 0 Å². The second-order valence-electron chi connectivity index (χ2n) is 7.98. The standard InChI is InChI=1S/C26H32O3/c1-2-3-4-5-6-7-8-9-10-13-16-29-25-19-24(27)22-17-20-14-11-12-15-21(20)18-23(22)26(25)28/h11-12,14-15,17-19H,2-10,13,16H2,1H3. The molecule has 0 fully saturated rings. The number of rotatable bonds is 12. The van der Waals surface area contributed by atoms with Crippen molar-refractivity contribution in [3.05, 3.63) is 59.4 Å². The monoisotopic (exact) mass is 392 g/mol. The first-order valence-corrected chi connectivity index (χ1v) is 11.2. The van der Waals surface area contributed by atoms with E-state index in [-0.39, 0.29) is 17.3 Å². The number of ether oxygens (including phenoxy) is 1. The molecule has 0 N–H and O–H groups in total. The van der Waals surface area contributed by atoms with Crippen molar-refractivity contribution in [2.24, 2.45) is 0 Å². The molecule has 0 bridgehead atoms. The lowest BCUT2D eigenvalue weighted by Crippen LogP contribution is -2.19. The van der Waals surface area contributed by atoms with E-state index >= 15 is 0 Å². The van der Waals surface area contributed by atoms with Crippen LogP contribution in [0.3, 0.4) is 0 Å². The topological polar surface area (TPSA) is 43.4 Å². The number of benzene rings is 2. The predicted octanol–water partition coefficient (Wildman–Crippen LogP) is 7.04. The summed E-state index contributed by atoms with van der Waals surface area (Å²) in [7, 11) is 0. The van der Waals surface area contributed by atoms with Gasteiger partial charge in [0.25, 0.3) is 0 Å². The van der Waals surface area contributed by atoms with Gasteiger partial charge in [0.15, 0.2) is 11.5 Å². The number of carbonyl (C=O) groups is 2. The minimum Gasteiger partial charge on any atom is -0.489 e. The van der Waals surface area contributed by atoms with Crippen molar-refractivity contribution in [3.63, 3.8) is 0 Å². The van der Waals surface area contributed by atoms with Gasteiger partial charge in [-0.2, -0.15) is 0 Å². The molecule has 1 aliphatic carbocycles. The summed E-state index contributed by atoms with van der Waals surface area (Å²) in [5.74, 6) is -0.144. The molecule has 0 radical (unpaired) electrons. The van der Waals surface area contributed by atoms with E-state index in [0.29, 0.717) is 17.7 Å². The van der Waals surface area contributed by atoms with Gasteiger partial charge < -0.3 is 4.74 Å². The number of fused-ring (bicyclic) bond motifs is 2. The van der Waals surface area contributed by atoms with Gasteiger partial charge in [0, 0.05) is 17.2 Å². The average Bonchev–Trinajstić information content (AvgIpc) is 2.74. The first-order valence-electron chi connectivity index (χ1n) is 11.2. The van der Waals surface area contributed by atoms with Crippen molar-refractivity contribution < 1.29 is 14.3 Å². The zero-order chi connectivity index (χ0) is 20.5. The van der Waals surface area contributed by atoms with Gasteiger partial charge in [0.2, 0.25) is 5.78 Å². The Bertz CT molecular complexity index is 879. The lowest BCUT2D eigenvalue weighted by molar-refractivity contribution is 0.0880. The summed E-state index contributed by atoms with van der Waals surface area (Å²) in [6.45, 7) is 2.74. The van der Waals surface area contributed by atoms with E-state index in [4.69, 9.17) is 4.74 Å². The van der Waals surface area contributed by atoms with Crippen molar-refractivity contribution in [2.75, 3.05) is 6.61 Å². The molecule has 154 valence electrons. The summed E-state index contributed by atoms with van der Waals surface area (Å²) in [5.41, 5.74) is 0.925. The van der Waals surface area contributed by atoms with Crippen molar-refractivity contribution >= 4 is 22.3 Å². The van der Waals surface area contributed by atoms with Crippen LogP contribution in [0.15, 0.2) is 48.2 Å². The highest BCUT2D eigenvalue weighted by atomic mass is 16.5. The molecule has 0 amide bonds. The van der Waals surface area contributed by atoms with E-state index in [1.807, 2.05) is 30.3 Å². The summed E-state index contributed by atoms with van der Waals surface area (Å²) in [6, 6.07) is 11.4. The van der Waals surface area contributed by atoms with Crippen molar-refractivity contribution in [3.8, 4) is 0 Å². The van der Waals surface area contributed by atoms with Gasteiger partial charge >= 0.3 is 0 Å². The van der Waals surface area contributed by atoms with Gasteiger partial charge in [-0.05, 0) is 29.3 Å². The molecule has 0 unspecified atom stereocenters. The van der Waals surface area contributed by atoms with Crippen LogP contribution >= 0.6 is 0 Å². The molecule has 0 aliphatic heterocycles. The van der Waals surface area contributed by atoms with Crippen molar-refractivity contribution in [1.29, 1.82) is 0 Å². The molecule has 2 aromatic rings. The molecule has 0 atom stereocenters. The first-order chi connectivity index (χ1) is 14.2. The number of hydrogen-bond acceptors (Lipinski definition) is 3. The smallest absolute Gasteiger partial charge is 0.228 e. The Morgan fingerprint density at radius 3 is 1.90 bits per heavy atom. The molecule has 3 rings (SSSR count). The summed E-state index contributed by atoms with van der Waals surface area (Å²) < 4.78 is 5.70. The maximum atomic E-state index is 12.8. The molecular formula is C26H32O3. The Kier molecular flexibility index (Phi) is 8.03. The molecular weight excluding hydrogens is 360 g/mol. The van der Waals surface area contributed by atoms with Crippen LogP contribution in [0.25, 0.3) is 10.8 Å². The molecule has 2 aromatic carbocycles. The summed E-state index contributed by atoms with van der Waals surface area (Å²) in [6.07, 6.45) is 13.9. The summed E-state index contributed by atoms with van der Waals surface area (Å²) >= 11 is 0. The van der Waals surface area contributed by atoms with Gasteiger partial charge in [0.1, 0.15) is 0 Å². The molecule has 0 heterocycles. The Hall–Kier alpha value is -2.42. The second kappa shape index (κ2) is 10.9. The predicted molar refractivity (Wildman–Crippen MR) is 118 cm³/mol. The largest absolute Gasteiger partial charge is 0.489 e. The lowest BCUT2D eigenvalue weighted by atomic mass is 9.90. The Balaban J connectivity index is 1.42. The van der Waals surface area contributed by atoms with Crippen LogP contribution < -0.4 is 0 Å². The minimum atomic E-state index is -0.183. The average molecular weight is 393 g/mol. The number of unbranched alkanes of at least 4 members (excludes halogenated alkanes) is 9. The first kappa shape index (κ1) is 21.3. The van der Waals surface area contributed by atoms with Crippen LogP contribution in [-0.2, 0) is 4.74 Å². The van der Waals surface area contributed by atoms with E-state index in [0.717, 1.165) is 23.6 Å². The maximum absolute atomic E-state index is 12.8. The number of Topliss-reactive ketones (excluding diaryl/α,β-unsaturated/α-hetero) is 1. The fourth-order valence-electron chi connectivity index (χ4n) is 3.91. The van der Waals surface area contributed by atoms with E-state index < -0.39 is 0 Å². The zero-order valence-electron chi connectivity index (χ0n) is 17.5. The van der Waals surface area contributed by atoms with Gasteiger partial charge in [-0.1, -0.05) is 89.0 Å². The minimum absolute atomic E-state index is 0.150. The summed E-state index contributed by atoms with van der Waals surface area (Å²) in [4.78, 5) is 25.3. The van der Waals surface area contributed by atoms with Crippen LogP contribution in [0.5, 0.6) is 0 Å². The van der Waals surface area contributed by atoms with Crippen LogP contribution in [0.2, 0.25) is 0 Å². The van der Waals surface area contributed by atoms with Gasteiger partial charge in [-0.25, -0.2) is 0 Å². The van der Waals surface area contributed by atoms with Gasteiger partial charge in [0.05, 0.1) is 6.61 Å². The number of ketones is 2. The van der Waals surface area contributed by atoms with Crippen LogP contribution in [0.4, 0.5) is 0 Å². The van der Waals surface area contributed by atoms with E-state index in [1.165, 1.54) is 57.4 Å². The maximum Gasteiger partial charge on any atom is 0.228 e. The lowest BCUT2D eigenvalue weighted by Gasteiger charge is -2.16. The van der Waals surface area contributed by atoms with Crippen molar-refractivity contribution in [1.82, 2.24) is 0 Å². The highest BCUT2D eigenvalue weighted by molar-refractivity contribution is 6.25. The molecule has 29 heavy (non-hydrogen) atoms. The van der Waals surface area contributed by atoms with Crippen molar-refractivity contribution in [2.45, 2.75) is 71.1 Å². The quantitative estimate of drug-likeness (QED) is 0.364. The number of allylic oxidation sites excluding steroid dienone is 2. The molecule has 0 saturated carbocycles. The summed E-state index contributed by atoms with van der Waals surface area (Å²) in [5, 5.41) is 1.93. The zero-order valence-corrected chi connectivity index (χ0v) is 17.5. The van der Waals surface area contributed by atoms with E-state index in [9.17, 15) is 9.59 Å². The Morgan fingerprint density at radius 2 is 1.28 bits per heavy atom. The van der Waals surface area contributed by atoms with Gasteiger partial charge in [-0.15, -0.1) is 0 Å². The van der Waals surface area contributed by atoms with Crippen LogP contribution in [0.1, 0.15) is 91.8 Å². The molecule has 0 aromatic heterocycles. The second-order valence-corrected chi connectivity index (χ2v) is 7.98. The SMILES string of the molecule is CCCCCCCCCCCCOC1=CC(=O)c2cc3ccccc3cc2C1=O. The number of hydrogen-bond donors (Lipinski definition) is 0. The molecule has 0 saturated heterocycles. The molecule has 1 aliphatic rings. The fraction of sp³-hybridized carbons (Fsp3) is 0.462. The molecule has 3 nitrogen and oxygen atoms in total. The highest BCUT2D eigenvalue weighted by Gasteiger charge is 2.27. The third kappa shape index (κ3) is 5.79. The Morgan fingerprint density at radius 1 is 0.724 bits per heavy atom. The normalized spacial score (nSPS) is 13.5. The van der Waals surface area contributed by atoms with E-state index in [2.05, 4.69) is 6.92 Å². The van der Waals surface area contributed by atoms with E-state index in [1.54, 1.807) is 6.07 Å². The third-order valence-electron chi connectivity index (χ3n) is 5.64. The number of carbonyl (C=O) groups excluding carboxylic acids is 2. The third-order valence-corrected chi connectivity index (χ3v) is 5.64. The molecule has 3 heteroatoms. The van der Waals surface area contributed by atoms with Gasteiger partial charge in [-0.3, -0.25) is 9.59 Å². The Labute approximate surface area is 174 Å².